The van der Waals surface area contributed by atoms with Crippen molar-refractivity contribution in [3.05, 3.63) is 41.0 Å². The van der Waals surface area contributed by atoms with Gasteiger partial charge in [-0.05, 0) is 24.0 Å². The van der Waals surface area contributed by atoms with E-state index in [1.807, 2.05) is 0 Å². The molecule has 0 bridgehead atoms. The van der Waals surface area contributed by atoms with Crippen molar-refractivity contribution in [2.75, 3.05) is 5.33 Å². The van der Waals surface area contributed by atoms with Gasteiger partial charge in [-0.2, -0.15) is 0 Å². The van der Waals surface area contributed by atoms with Gasteiger partial charge in [0.15, 0.2) is 0 Å². The van der Waals surface area contributed by atoms with Crippen LogP contribution in [0.2, 0.25) is 0 Å². The molecule has 0 aliphatic heterocycles. The van der Waals surface area contributed by atoms with E-state index in [0.29, 0.717) is 0 Å². The summed E-state index contributed by atoms with van der Waals surface area (Å²) < 4.78 is 0. The first-order chi connectivity index (χ1) is 5.90. The van der Waals surface area contributed by atoms with Crippen LogP contribution in [0.5, 0.6) is 0 Å². The number of alkyl halides is 1. The number of benzene rings is 1. The SMILES string of the molecule is BrCCC1=Cc2ccccc2C1. The summed E-state index contributed by atoms with van der Waals surface area (Å²) in [5.74, 6) is 0. The molecular formula is C11H11Br. The van der Waals surface area contributed by atoms with E-state index in [1.165, 1.54) is 17.5 Å². The lowest BCUT2D eigenvalue weighted by Gasteiger charge is -1.96. The van der Waals surface area contributed by atoms with Crippen LogP contribution in [0.25, 0.3) is 6.08 Å². The average Bonchev–Trinajstić information content (AvgIpc) is 2.47. The Morgan fingerprint density at radius 1 is 1.25 bits per heavy atom. The summed E-state index contributed by atoms with van der Waals surface area (Å²) in [6, 6.07) is 8.62. The zero-order valence-corrected chi connectivity index (χ0v) is 8.47. The lowest BCUT2D eigenvalue weighted by atomic mass is 10.1. The van der Waals surface area contributed by atoms with E-state index in [4.69, 9.17) is 0 Å². The molecule has 0 fully saturated rings. The van der Waals surface area contributed by atoms with Crippen LogP contribution in [0.3, 0.4) is 0 Å². The predicted molar refractivity (Wildman–Crippen MR) is 56.5 cm³/mol. The Morgan fingerprint density at radius 3 is 2.83 bits per heavy atom. The van der Waals surface area contributed by atoms with Gasteiger partial charge in [0.1, 0.15) is 0 Å². The van der Waals surface area contributed by atoms with E-state index >= 15 is 0 Å². The highest BCUT2D eigenvalue weighted by Crippen LogP contribution is 2.26. The van der Waals surface area contributed by atoms with Gasteiger partial charge in [-0.3, -0.25) is 0 Å². The van der Waals surface area contributed by atoms with Crippen LogP contribution in [0.1, 0.15) is 17.5 Å². The molecule has 0 unspecified atom stereocenters. The van der Waals surface area contributed by atoms with E-state index in [2.05, 4.69) is 46.3 Å². The molecule has 2 rings (SSSR count). The Bertz CT molecular complexity index is 313. The molecule has 0 N–H and O–H groups in total. The highest BCUT2D eigenvalue weighted by atomic mass is 79.9. The molecule has 0 saturated heterocycles. The minimum atomic E-state index is 1.08. The Balaban J connectivity index is 2.23. The van der Waals surface area contributed by atoms with Crippen LogP contribution in [-0.4, -0.2) is 5.33 Å². The van der Waals surface area contributed by atoms with Crippen LogP contribution < -0.4 is 0 Å². The van der Waals surface area contributed by atoms with Gasteiger partial charge in [-0.25, -0.2) is 0 Å². The van der Waals surface area contributed by atoms with Gasteiger partial charge in [0.2, 0.25) is 0 Å². The third-order valence-corrected chi connectivity index (χ3v) is 2.64. The van der Waals surface area contributed by atoms with Crippen molar-refractivity contribution in [1.82, 2.24) is 0 Å². The molecule has 12 heavy (non-hydrogen) atoms. The molecule has 1 aromatic carbocycles. The van der Waals surface area contributed by atoms with Gasteiger partial charge in [-0.1, -0.05) is 51.8 Å². The Morgan fingerprint density at radius 2 is 2.08 bits per heavy atom. The van der Waals surface area contributed by atoms with Crippen molar-refractivity contribution in [2.24, 2.45) is 0 Å². The molecule has 1 aromatic rings. The van der Waals surface area contributed by atoms with Crippen LogP contribution in [0.15, 0.2) is 29.8 Å². The quantitative estimate of drug-likeness (QED) is 0.674. The van der Waals surface area contributed by atoms with Crippen LogP contribution in [-0.2, 0) is 6.42 Å². The van der Waals surface area contributed by atoms with Gasteiger partial charge in [-0.15, -0.1) is 0 Å². The second kappa shape index (κ2) is 3.44. The molecular weight excluding hydrogens is 212 g/mol. The monoisotopic (exact) mass is 222 g/mol. The Hall–Kier alpha value is -0.560. The molecule has 0 nitrogen and oxygen atoms in total. The standard InChI is InChI=1S/C11H11Br/c12-6-5-9-7-10-3-1-2-4-11(10)8-9/h1-4,7H,5-6,8H2. The molecule has 1 heteroatoms. The van der Waals surface area contributed by atoms with Crippen molar-refractivity contribution >= 4 is 22.0 Å². The number of fused-ring (bicyclic) bond motifs is 1. The first kappa shape index (κ1) is 8.06. The summed E-state index contributed by atoms with van der Waals surface area (Å²) in [5, 5.41) is 1.08. The molecule has 62 valence electrons. The Kier molecular flexibility index (Phi) is 2.31. The van der Waals surface area contributed by atoms with Crippen molar-refractivity contribution in [3.8, 4) is 0 Å². The molecule has 0 amide bonds. The number of allylic oxidation sites excluding steroid dienone is 1. The maximum atomic E-state index is 3.46. The highest BCUT2D eigenvalue weighted by Gasteiger charge is 2.10. The van der Waals surface area contributed by atoms with Gasteiger partial charge in [0.05, 0.1) is 0 Å². The number of hydrogen-bond acceptors (Lipinski definition) is 0. The van der Waals surface area contributed by atoms with E-state index < -0.39 is 0 Å². The third-order valence-electron chi connectivity index (χ3n) is 2.25. The fraction of sp³-hybridized carbons (Fsp3) is 0.273. The fourth-order valence-electron chi connectivity index (χ4n) is 1.63. The first-order valence-electron chi connectivity index (χ1n) is 4.23. The summed E-state index contributed by atoms with van der Waals surface area (Å²) in [4.78, 5) is 0. The molecule has 0 radical (unpaired) electrons. The minimum absolute atomic E-state index is 1.08. The molecule has 0 spiro atoms. The van der Waals surface area contributed by atoms with Crippen LogP contribution in [0, 0.1) is 0 Å². The smallest absolute Gasteiger partial charge is 0.00688 e. The highest BCUT2D eigenvalue weighted by molar-refractivity contribution is 9.09. The first-order valence-corrected chi connectivity index (χ1v) is 5.35. The molecule has 1 aliphatic rings. The second-order valence-electron chi connectivity index (χ2n) is 3.12. The number of rotatable bonds is 2. The van der Waals surface area contributed by atoms with Crippen molar-refractivity contribution in [3.63, 3.8) is 0 Å². The van der Waals surface area contributed by atoms with E-state index in [9.17, 15) is 0 Å². The Labute approximate surface area is 81.4 Å². The van der Waals surface area contributed by atoms with E-state index in [0.717, 1.165) is 11.8 Å². The molecule has 0 aromatic heterocycles. The third kappa shape index (κ3) is 1.46. The van der Waals surface area contributed by atoms with Crippen LogP contribution in [0.4, 0.5) is 0 Å². The maximum absolute atomic E-state index is 3.46. The zero-order valence-electron chi connectivity index (χ0n) is 6.89. The average molecular weight is 223 g/mol. The topological polar surface area (TPSA) is 0 Å². The number of halogens is 1. The lowest BCUT2D eigenvalue weighted by molar-refractivity contribution is 1.06. The largest absolute Gasteiger partial charge is 0.0925 e. The summed E-state index contributed by atoms with van der Waals surface area (Å²) in [6.45, 7) is 0. The normalized spacial score (nSPS) is 14.2. The van der Waals surface area contributed by atoms with E-state index in [1.54, 1.807) is 5.57 Å². The second-order valence-corrected chi connectivity index (χ2v) is 3.91. The van der Waals surface area contributed by atoms with E-state index in [-0.39, 0.29) is 0 Å². The van der Waals surface area contributed by atoms with Crippen molar-refractivity contribution in [1.29, 1.82) is 0 Å². The summed E-state index contributed by atoms with van der Waals surface area (Å²) in [5.41, 5.74) is 4.44. The molecule has 1 aliphatic carbocycles. The van der Waals surface area contributed by atoms with Crippen molar-refractivity contribution < 1.29 is 0 Å². The zero-order chi connectivity index (χ0) is 8.39. The predicted octanol–water partition coefficient (Wildman–Crippen LogP) is 3.41. The maximum Gasteiger partial charge on any atom is 0.00688 e. The summed E-state index contributed by atoms with van der Waals surface area (Å²) in [7, 11) is 0. The number of hydrogen-bond donors (Lipinski definition) is 0. The fourth-order valence-corrected chi connectivity index (χ4v) is 2.14. The summed E-state index contributed by atoms with van der Waals surface area (Å²) in [6.07, 6.45) is 4.65. The molecule has 0 heterocycles. The molecule has 0 saturated carbocycles. The van der Waals surface area contributed by atoms with Crippen LogP contribution >= 0.6 is 15.9 Å². The molecule has 0 atom stereocenters. The van der Waals surface area contributed by atoms with Gasteiger partial charge < -0.3 is 0 Å². The van der Waals surface area contributed by atoms with Gasteiger partial charge in [0.25, 0.3) is 0 Å². The summed E-state index contributed by atoms with van der Waals surface area (Å²) >= 11 is 3.46. The van der Waals surface area contributed by atoms with Gasteiger partial charge >= 0.3 is 0 Å². The van der Waals surface area contributed by atoms with Crippen molar-refractivity contribution in [2.45, 2.75) is 12.8 Å². The lowest BCUT2D eigenvalue weighted by Crippen LogP contribution is -1.84. The van der Waals surface area contributed by atoms with Gasteiger partial charge in [0, 0.05) is 5.33 Å². The minimum Gasteiger partial charge on any atom is -0.0925 e.